The Morgan fingerprint density at radius 3 is 2.75 bits per heavy atom. The molecule has 7 nitrogen and oxygen atoms in total. The summed E-state index contributed by atoms with van der Waals surface area (Å²) in [6.45, 7) is 1.82. The van der Waals surface area contributed by atoms with Crippen molar-refractivity contribution in [2.24, 2.45) is 0 Å². The number of rotatable bonds is 6. The lowest BCUT2D eigenvalue weighted by molar-refractivity contribution is -0.137. The molecule has 1 aliphatic rings. The summed E-state index contributed by atoms with van der Waals surface area (Å²) in [5, 5.41) is 9.36. The molecule has 0 saturated carbocycles. The number of sulfonamides is 1. The molecule has 166 valence electrons. The first-order chi connectivity index (χ1) is 15.3. The second-order valence-corrected chi connectivity index (χ2v) is 9.77. The van der Waals surface area contributed by atoms with Gasteiger partial charge in [0.05, 0.1) is 17.1 Å². The van der Waals surface area contributed by atoms with Crippen LogP contribution in [0.15, 0.2) is 65.7 Å². The zero-order valence-corrected chi connectivity index (χ0v) is 18.8. The van der Waals surface area contributed by atoms with Crippen LogP contribution >= 0.6 is 11.6 Å². The van der Waals surface area contributed by atoms with Gasteiger partial charge in [-0.05, 0) is 60.9 Å². The fourth-order valence-corrected chi connectivity index (χ4v) is 5.48. The number of nitrogens with zero attached hydrogens (tertiary/aromatic N) is 2. The molecule has 1 aliphatic heterocycles. The van der Waals surface area contributed by atoms with Gasteiger partial charge in [-0.3, -0.25) is 9.10 Å². The third kappa shape index (κ3) is 4.42. The van der Waals surface area contributed by atoms with Crippen molar-refractivity contribution < 1.29 is 23.1 Å². The number of ether oxygens (including phenoxy) is 1. The second-order valence-electron chi connectivity index (χ2n) is 7.55. The summed E-state index contributed by atoms with van der Waals surface area (Å²) in [5.74, 6) is -0.597. The van der Waals surface area contributed by atoms with Crippen molar-refractivity contribution in [1.82, 2.24) is 4.98 Å². The predicted octanol–water partition coefficient (Wildman–Crippen LogP) is 4.53. The zero-order valence-electron chi connectivity index (χ0n) is 17.2. The van der Waals surface area contributed by atoms with Crippen molar-refractivity contribution in [2.45, 2.75) is 30.8 Å². The first-order valence-electron chi connectivity index (χ1n) is 9.98. The first kappa shape index (κ1) is 22.1. The van der Waals surface area contributed by atoms with Crippen LogP contribution in [-0.4, -0.2) is 37.1 Å². The fourth-order valence-electron chi connectivity index (χ4n) is 3.65. The number of benzene rings is 2. The molecular weight excluding hydrogens is 452 g/mol. The van der Waals surface area contributed by atoms with E-state index in [4.69, 9.17) is 21.4 Å². The molecule has 2 aromatic carbocycles. The number of aliphatic carboxylic acids is 1. The van der Waals surface area contributed by atoms with E-state index in [0.29, 0.717) is 27.7 Å². The molecule has 0 fully saturated rings. The van der Waals surface area contributed by atoms with Crippen LogP contribution in [0.4, 0.5) is 5.69 Å². The Balaban J connectivity index is 1.81. The number of carboxylic acids is 1. The Labute approximate surface area is 191 Å². The highest BCUT2D eigenvalue weighted by Crippen LogP contribution is 2.41. The van der Waals surface area contributed by atoms with E-state index >= 15 is 0 Å². The Kier molecular flexibility index (Phi) is 6.08. The van der Waals surface area contributed by atoms with Crippen LogP contribution in [0.3, 0.4) is 0 Å². The lowest BCUT2D eigenvalue weighted by Crippen LogP contribution is -2.43. The first-order valence-corrected chi connectivity index (χ1v) is 11.8. The Morgan fingerprint density at radius 2 is 2.03 bits per heavy atom. The van der Waals surface area contributed by atoms with Crippen molar-refractivity contribution in [3.8, 4) is 16.9 Å². The van der Waals surface area contributed by atoms with Crippen LogP contribution in [0.5, 0.6) is 5.75 Å². The normalized spacial score (nSPS) is 15.7. The maximum atomic E-state index is 13.6. The summed E-state index contributed by atoms with van der Waals surface area (Å²) in [6, 6.07) is 15.4. The van der Waals surface area contributed by atoms with Crippen molar-refractivity contribution in [2.75, 3.05) is 10.8 Å². The molecule has 0 spiro atoms. The van der Waals surface area contributed by atoms with Gasteiger partial charge in [0.2, 0.25) is 0 Å². The molecule has 2 heterocycles. The number of aryl methyl sites for hydroxylation is 1. The highest BCUT2D eigenvalue weighted by Gasteiger charge is 2.35. The van der Waals surface area contributed by atoms with Crippen LogP contribution in [-0.2, 0) is 14.8 Å². The number of pyridine rings is 1. The minimum atomic E-state index is -3.92. The molecule has 0 bridgehead atoms. The topological polar surface area (TPSA) is 96.8 Å². The summed E-state index contributed by atoms with van der Waals surface area (Å²) in [4.78, 5) is 15.3. The van der Waals surface area contributed by atoms with Crippen LogP contribution in [0.25, 0.3) is 11.1 Å². The molecule has 0 saturated heterocycles. The largest absolute Gasteiger partial charge is 0.486 e. The van der Waals surface area contributed by atoms with Gasteiger partial charge in [-0.15, -0.1) is 0 Å². The van der Waals surface area contributed by atoms with Crippen LogP contribution in [0.1, 0.15) is 18.4 Å². The van der Waals surface area contributed by atoms with E-state index in [1.807, 2.05) is 13.0 Å². The van der Waals surface area contributed by atoms with E-state index in [2.05, 4.69) is 4.98 Å². The van der Waals surface area contributed by atoms with Crippen LogP contribution < -0.4 is 9.04 Å². The van der Waals surface area contributed by atoms with Gasteiger partial charge >= 0.3 is 5.97 Å². The average molecular weight is 473 g/mol. The fraction of sp³-hybridized carbons (Fsp3) is 0.217. The molecule has 32 heavy (non-hydrogen) atoms. The number of carbonyl (C=O) groups is 1. The summed E-state index contributed by atoms with van der Waals surface area (Å²) in [6.07, 6.45) is 1.05. The average Bonchev–Trinajstić information content (AvgIpc) is 2.77. The Morgan fingerprint density at radius 1 is 1.22 bits per heavy atom. The molecule has 0 amide bonds. The smallest absolute Gasteiger partial charge is 0.303 e. The number of hydrogen-bond donors (Lipinski definition) is 1. The Hall–Kier alpha value is -3.10. The van der Waals surface area contributed by atoms with E-state index in [-0.39, 0.29) is 24.3 Å². The second kappa shape index (κ2) is 8.80. The van der Waals surface area contributed by atoms with Crippen molar-refractivity contribution in [3.05, 3.63) is 71.5 Å². The van der Waals surface area contributed by atoms with Gasteiger partial charge in [-0.1, -0.05) is 29.8 Å². The van der Waals surface area contributed by atoms with E-state index in [1.54, 1.807) is 54.7 Å². The molecule has 0 radical (unpaired) electrons. The highest BCUT2D eigenvalue weighted by atomic mass is 35.5. The quantitative estimate of drug-likeness (QED) is 0.529. The van der Waals surface area contributed by atoms with Gasteiger partial charge in [0.1, 0.15) is 17.0 Å². The molecular formula is C23H21ClN2O5S. The standard InChI is InChI=1S/C23H21ClN2O5S/c1-15-4-2-5-18(12-15)32(29,30)26-14-17(8-10-22(27)28)31-21-9-7-16(13-20(21)26)19-6-3-11-25-23(19)24/h2-7,9,11-13,17H,8,10,14H2,1H3,(H,27,28)/t17-/m0/s1. The molecule has 4 rings (SSSR count). The summed E-state index contributed by atoms with van der Waals surface area (Å²) < 4.78 is 34.5. The number of halogens is 1. The van der Waals surface area contributed by atoms with E-state index in [0.717, 1.165) is 5.56 Å². The Bertz CT molecular complexity index is 1280. The number of anilines is 1. The van der Waals surface area contributed by atoms with Gasteiger partial charge < -0.3 is 9.84 Å². The van der Waals surface area contributed by atoms with Gasteiger partial charge in [-0.2, -0.15) is 0 Å². The van der Waals surface area contributed by atoms with Gasteiger partial charge in [0, 0.05) is 18.2 Å². The van der Waals surface area contributed by atoms with Crippen molar-refractivity contribution >= 4 is 33.3 Å². The number of aromatic nitrogens is 1. The third-order valence-electron chi connectivity index (χ3n) is 5.22. The van der Waals surface area contributed by atoms with Gasteiger partial charge in [0.15, 0.2) is 0 Å². The minimum absolute atomic E-state index is 0.000774. The van der Waals surface area contributed by atoms with Crippen molar-refractivity contribution in [3.63, 3.8) is 0 Å². The van der Waals surface area contributed by atoms with Crippen molar-refractivity contribution in [1.29, 1.82) is 0 Å². The van der Waals surface area contributed by atoms with Gasteiger partial charge in [0.25, 0.3) is 10.0 Å². The lowest BCUT2D eigenvalue weighted by Gasteiger charge is -2.35. The van der Waals surface area contributed by atoms with E-state index in [9.17, 15) is 13.2 Å². The summed E-state index contributed by atoms with van der Waals surface area (Å²) in [5.41, 5.74) is 2.55. The maximum absolute atomic E-state index is 13.6. The maximum Gasteiger partial charge on any atom is 0.303 e. The molecule has 1 N–H and O–H groups in total. The molecule has 1 aromatic heterocycles. The van der Waals surface area contributed by atoms with Crippen LogP contribution in [0.2, 0.25) is 5.15 Å². The summed E-state index contributed by atoms with van der Waals surface area (Å²) in [7, 11) is -3.92. The van der Waals surface area contributed by atoms with Crippen LogP contribution in [0, 0.1) is 6.92 Å². The molecule has 0 aliphatic carbocycles. The monoisotopic (exact) mass is 472 g/mol. The lowest BCUT2D eigenvalue weighted by atomic mass is 10.0. The molecule has 1 atom stereocenters. The van der Waals surface area contributed by atoms with E-state index in [1.165, 1.54) is 4.31 Å². The highest BCUT2D eigenvalue weighted by molar-refractivity contribution is 7.92. The molecule has 9 heteroatoms. The minimum Gasteiger partial charge on any atom is -0.486 e. The third-order valence-corrected chi connectivity index (χ3v) is 7.30. The zero-order chi connectivity index (χ0) is 22.9. The number of hydrogen-bond acceptors (Lipinski definition) is 5. The molecule has 0 unspecified atom stereocenters. The molecule has 3 aromatic rings. The summed E-state index contributed by atoms with van der Waals surface area (Å²) >= 11 is 6.25. The SMILES string of the molecule is Cc1cccc(S(=O)(=O)N2C[C@H](CCC(=O)O)Oc3ccc(-c4cccnc4Cl)cc32)c1. The number of fused-ring (bicyclic) bond motifs is 1. The van der Waals surface area contributed by atoms with Gasteiger partial charge in [-0.25, -0.2) is 13.4 Å². The predicted molar refractivity (Wildman–Crippen MR) is 122 cm³/mol. The van der Waals surface area contributed by atoms with E-state index < -0.39 is 22.1 Å². The number of carboxylic acid groups (broad SMARTS) is 1.